The van der Waals surface area contributed by atoms with Crippen molar-refractivity contribution < 1.29 is 0 Å². The molecule has 0 bridgehead atoms. The van der Waals surface area contributed by atoms with Crippen LogP contribution in [0.5, 0.6) is 0 Å². The molecule has 0 atom stereocenters. The average Bonchev–Trinajstić information content (AvgIpc) is 2.79. The first-order valence-corrected chi connectivity index (χ1v) is 5.95. The average molecular weight is 231 g/mol. The van der Waals surface area contributed by atoms with E-state index >= 15 is 0 Å². The molecule has 0 aromatic carbocycles. The van der Waals surface area contributed by atoms with E-state index in [4.69, 9.17) is 0 Å². The van der Waals surface area contributed by atoms with E-state index in [1.807, 2.05) is 24.3 Å². The Hall–Kier alpha value is -1.52. The van der Waals surface area contributed by atoms with Gasteiger partial charge in [-0.3, -0.25) is 4.98 Å². The fourth-order valence-corrected chi connectivity index (χ4v) is 2.09. The SMILES string of the molecule is C=CCNCc1csc(-c2ccccn2)n1. The van der Waals surface area contributed by atoms with Crippen LogP contribution in [0, 0.1) is 0 Å². The van der Waals surface area contributed by atoms with Crippen molar-refractivity contribution in [3.63, 3.8) is 0 Å². The molecular formula is C12H13N3S. The van der Waals surface area contributed by atoms with Crippen molar-refractivity contribution in [2.24, 2.45) is 0 Å². The topological polar surface area (TPSA) is 37.8 Å². The van der Waals surface area contributed by atoms with Crippen molar-refractivity contribution >= 4 is 11.3 Å². The van der Waals surface area contributed by atoms with Gasteiger partial charge in [0, 0.05) is 24.7 Å². The monoisotopic (exact) mass is 231 g/mol. The third-order valence-corrected chi connectivity index (χ3v) is 2.94. The molecule has 4 heteroatoms. The lowest BCUT2D eigenvalue weighted by molar-refractivity contribution is 0.746. The predicted octanol–water partition coefficient (Wildman–Crippen LogP) is 2.48. The van der Waals surface area contributed by atoms with E-state index in [0.717, 1.165) is 29.5 Å². The first kappa shape index (κ1) is 11.0. The fourth-order valence-electron chi connectivity index (χ4n) is 1.30. The van der Waals surface area contributed by atoms with Gasteiger partial charge in [-0.1, -0.05) is 12.1 Å². The summed E-state index contributed by atoms with van der Waals surface area (Å²) in [6, 6.07) is 5.85. The van der Waals surface area contributed by atoms with Gasteiger partial charge in [0.1, 0.15) is 5.01 Å². The lowest BCUT2D eigenvalue weighted by Gasteiger charge is -1.96. The summed E-state index contributed by atoms with van der Waals surface area (Å²) in [6.45, 7) is 5.23. The highest BCUT2D eigenvalue weighted by molar-refractivity contribution is 7.13. The zero-order valence-electron chi connectivity index (χ0n) is 8.89. The molecule has 0 aliphatic carbocycles. The van der Waals surface area contributed by atoms with Crippen molar-refractivity contribution in [3.05, 3.63) is 48.1 Å². The highest BCUT2D eigenvalue weighted by Gasteiger charge is 2.04. The summed E-state index contributed by atoms with van der Waals surface area (Å²) in [7, 11) is 0. The number of nitrogens with one attached hydrogen (secondary N) is 1. The van der Waals surface area contributed by atoms with Crippen LogP contribution < -0.4 is 5.32 Å². The first-order chi connectivity index (χ1) is 7.90. The lowest BCUT2D eigenvalue weighted by atomic mass is 10.3. The van der Waals surface area contributed by atoms with Crippen LogP contribution in [-0.4, -0.2) is 16.5 Å². The van der Waals surface area contributed by atoms with Crippen molar-refractivity contribution in [1.82, 2.24) is 15.3 Å². The Morgan fingerprint density at radius 3 is 3.12 bits per heavy atom. The molecule has 2 aromatic rings. The normalized spacial score (nSPS) is 10.2. The van der Waals surface area contributed by atoms with E-state index in [1.54, 1.807) is 17.5 Å². The standard InChI is InChI=1S/C12H13N3S/c1-2-6-13-8-10-9-16-12(15-10)11-5-3-4-7-14-11/h2-5,7,9,13H,1,6,8H2. The molecule has 0 radical (unpaired) electrons. The molecule has 16 heavy (non-hydrogen) atoms. The molecule has 82 valence electrons. The molecule has 2 aromatic heterocycles. The van der Waals surface area contributed by atoms with Crippen LogP contribution in [0.4, 0.5) is 0 Å². The number of aromatic nitrogens is 2. The lowest BCUT2D eigenvalue weighted by Crippen LogP contribution is -2.12. The first-order valence-electron chi connectivity index (χ1n) is 5.07. The fraction of sp³-hybridized carbons (Fsp3) is 0.167. The van der Waals surface area contributed by atoms with Gasteiger partial charge in [0.25, 0.3) is 0 Å². The minimum atomic E-state index is 0.773. The maximum absolute atomic E-state index is 4.51. The highest BCUT2D eigenvalue weighted by Crippen LogP contribution is 2.20. The highest BCUT2D eigenvalue weighted by atomic mass is 32.1. The molecule has 2 heterocycles. The molecule has 0 aliphatic rings. The van der Waals surface area contributed by atoms with Gasteiger partial charge in [0.15, 0.2) is 0 Å². The number of thiazole rings is 1. The van der Waals surface area contributed by atoms with Crippen LogP contribution in [-0.2, 0) is 6.54 Å². The van der Waals surface area contributed by atoms with Gasteiger partial charge in [-0.2, -0.15) is 0 Å². The van der Waals surface area contributed by atoms with E-state index in [0.29, 0.717) is 0 Å². The van der Waals surface area contributed by atoms with E-state index in [1.165, 1.54) is 0 Å². The summed E-state index contributed by atoms with van der Waals surface area (Å²) in [5, 5.41) is 6.25. The van der Waals surface area contributed by atoms with Gasteiger partial charge in [0.05, 0.1) is 11.4 Å². The zero-order chi connectivity index (χ0) is 11.2. The quantitative estimate of drug-likeness (QED) is 0.634. The van der Waals surface area contributed by atoms with E-state index < -0.39 is 0 Å². The number of hydrogen-bond acceptors (Lipinski definition) is 4. The number of nitrogens with zero attached hydrogens (tertiary/aromatic N) is 2. The summed E-state index contributed by atoms with van der Waals surface area (Å²) in [6.07, 6.45) is 3.62. The molecule has 0 aliphatic heterocycles. The summed E-state index contributed by atoms with van der Waals surface area (Å²) in [5.41, 5.74) is 1.98. The second-order valence-corrected chi connectivity index (χ2v) is 4.14. The van der Waals surface area contributed by atoms with Gasteiger partial charge < -0.3 is 5.32 Å². The maximum atomic E-state index is 4.51. The molecule has 1 N–H and O–H groups in total. The van der Waals surface area contributed by atoms with E-state index in [9.17, 15) is 0 Å². The van der Waals surface area contributed by atoms with Crippen LogP contribution in [0.1, 0.15) is 5.69 Å². The van der Waals surface area contributed by atoms with Crippen LogP contribution >= 0.6 is 11.3 Å². The van der Waals surface area contributed by atoms with Crippen LogP contribution in [0.2, 0.25) is 0 Å². The van der Waals surface area contributed by atoms with Crippen molar-refractivity contribution in [3.8, 4) is 10.7 Å². The number of pyridine rings is 1. The van der Waals surface area contributed by atoms with Gasteiger partial charge in [-0.05, 0) is 12.1 Å². The molecule has 0 saturated heterocycles. The smallest absolute Gasteiger partial charge is 0.142 e. The molecule has 0 saturated carbocycles. The third kappa shape index (κ3) is 2.74. The van der Waals surface area contributed by atoms with Crippen molar-refractivity contribution in [2.75, 3.05) is 6.54 Å². The second-order valence-electron chi connectivity index (χ2n) is 3.28. The number of rotatable bonds is 5. The van der Waals surface area contributed by atoms with Crippen LogP contribution in [0.15, 0.2) is 42.4 Å². The predicted molar refractivity (Wildman–Crippen MR) is 67.2 cm³/mol. The molecule has 2 rings (SSSR count). The minimum absolute atomic E-state index is 0.773. The van der Waals surface area contributed by atoms with E-state index in [-0.39, 0.29) is 0 Å². The molecule has 0 fully saturated rings. The Kier molecular flexibility index (Phi) is 3.80. The minimum Gasteiger partial charge on any atom is -0.308 e. The summed E-state index contributed by atoms with van der Waals surface area (Å²) in [5.74, 6) is 0. The zero-order valence-corrected chi connectivity index (χ0v) is 9.70. The van der Waals surface area contributed by atoms with E-state index in [2.05, 4.69) is 27.2 Å². The van der Waals surface area contributed by atoms with Gasteiger partial charge in [-0.25, -0.2) is 4.98 Å². The molecule has 0 unspecified atom stereocenters. The maximum Gasteiger partial charge on any atom is 0.142 e. The summed E-state index contributed by atoms with van der Waals surface area (Å²) >= 11 is 1.62. The summed E-state index contributed by atoms with van der Waals surface area (Å²) in [4.78, 5) is 8.78. The molecular weight excluding hydrogens is 218 g/mol. The van der Waals surface area contributed by atoms with Crippen molar-refractivity contribution in [2.45, 2.75) is 6.54 Å². The Balaban J connectivity index is 2.05. The second kappa shape index (κ2) is 5.53. The van der Waals surface area contributed by atoms with Crippen LogP contribution in [0.25, 0.3) is 10.7 Å². The van der Waals surface area contributed by atoms with Crippen LogP contribution in [0.3, 0.4) is 0 Å². The largest absolute Gasteiger partial charge is 0.308 e. The Morgan fingerprint density at radius 1 is 1.44 bits per heavy atom. The Bertz CT molecular complexity index is 450. The molecule has 0 amide bonds. The molecule has 0 spiro atoms. The molecule has 3 nitrogen and oxygen atoms in total. The van der Waals surface area contributed by atoms with Gasteiger partial charge in [0.2, 0.25) is 0 Å². The van der Waals surface area contributed by atoms with Gasteiger partial charge >= 0.3 is 0 Å². The van der Waals surface area contributed by atoms with Gasteiger partial charge in [-0.15, -0.1) is 17.9 Å². The van der Waals surface area contributed by atoms with Crippen molar-refractivity contribution in [1.29, 1.82) is 0 Å². The third-order valence-electron chi connectivity index (χ3n) is 2.03. The Labute approximate surface area is 98.9 Å². The number of hydrogen-bond donors (Lipinski definition) is 1. The summed E-state index contributed by atoms with van der Waals surface area (Å²) < 4.78 is 0. The Morgan fingerprint density at radius 2 is 2.38 bits per heavy atom.